The molecule has 0 aromatic heterocycles. The average molecular weight is 572 g/mol. The number of rotatable bonds is 9. The molecule has 39 heavy (non-hydrogen) atoms. The number of hydrogen-bond donors (Lipinski definition) is 1. The van der Waals surface area contributed by atoms with E-state index in [1.165, 1.54) is 56.0 Å². The van der Waals surface area contributed by atoms with E-state index in [1.807, 2.05) is 18.2 Å². The Morgan fingerprint density at radius 1 is 1.03 bits per heavy atom. The second kappa shape index (κ2) is 10.8. The Morgan fingerprint density at radius 3 is 2.13 bits per heavy atom. The molecule has 2 aromatic rings. The Balaban J connectivity index is 1.39. The summed E-state index contributed by atoms with van der Waals surface area (Å²) in [6.45, 7) is 1.35. The lowest BCUT2D eigenvalue weighted by atomic mass is 9.48. The Labute approximate surface area is 236 Å². The van der Waals surface area contributed by atoms with Crippen LogP contribution in [0.15, 0.2) is 48.5 Å². The molecule has 0 spiro atoms. The number of amides is 2. The number of nitrogens with one attached hydrogen (secondary N) is 1. The number of benzene rings is 2. The number of likely N-dealkylation sites (N-methyl/N-ethyl adjacent to an activating group) is 1. The summed E-state index contributed by atoms with van der Waals surface area (Å²) >= 11 is 6.14. The lowest BCUT2D eigenvalue weighted by Crippen LogP contribution is -2.50. The summed E-state index contributed by atoms with van der Waals surface area (Å²) in [5.74, 6) is 1.63. The van der Waals surface area contributed by atoms with Gasteiger partial charge in [0.1, 0.15) is 12.6 Å². The molecule has 2 amide bonds. The number of halogens is 1. The van der Waals surface area contributed by atoms with Crippen LogP contribution in [0.25, 0.3) is 0 Å². The Bertz CT molecular complexity index is 1310. The Hall–Kier alpha value is -2.58. The molecule has 7 nitrogen and oxygen atoms in total. The number of nitrogens with zero attached hydrogens (tertiary/aromatic N) is 2. The topological polar surface area (TPSA) is 86.8 Å². The van der Waals surface area contributed by atoms with Crippen molar-refractivity contribution >= 4 is 39.1 Å². The van der Waals surface area contributed by atoms with Crippen molar-refractivity contribution in [3.63, 3.8) is 0 Å². The fraction of sp³-hybridized carbons (Fsp3) is 0.533. The predicted molar refractivity (Wildman–Crippen MR) is 154 cm³/mol. The summed E-state index contributed by atoms with van der Waals surface area (Å²) in [7, 11) is -2.26. The molecule has 4 aliphatic rings. The van der Waals surface area contributed by atoms with Crippen LogP contribution in [0.2, 0.25) is 5.02 Å². The summed E-state index contributed by atoms with van der Waals surface area (Å²) < 4.78 is 27.0. The fourth-order valence-electron chi connectivity index (χ4n) is 7.68. The molecule has 0 saturated heterocycles. The SMILES string of the molecule is CNC(=O)[C@@H](C)N(Cc1cccc(Cl)c1)C(=O)CN(c1ccc(C23CC4CC(CC(C4)C2)C3)cc1)S(C)(=O)=O. The zero-order valence-electron chi connectivity index (χ0n) is 22.9. The van der Waals surface area contributed by atoms with Crippen LogP contribution in [0.4, 0.5) is 5.69 Å². The van der Waals surface area contributed by atoms with Gasteiger partial charge >= 0.3 is 0 Å². The van der Waals surface area contributed by atoms with Gasteiger partial charge in [0.2, 0.25) is 21.8 Å². The molecular weight excluding hydrogens is 534 g/mol. The Morgan fingerprint density at radius 2 is 1.62 bits per heavy atom. The van der Waals surface area contributed by atoms with E-state index in [1.54, 1.807) is 25.1 Å². The quantitative estimate of drug-likeness (QED) is 0.471. The molecular formula is C30H38ClN3O4S. The van der Waals surface area contributed by atoms with E-state index < -0.39 is 28.5 Å². The van der Waals surface area contributed by atoms with E-state index in [0.29, 0.717) is 10.7 Å². The van der Waals surface area contributed by atoms with Gasteiger partial charge in [-0.3, -0.25) is 13.9 Å². The van der Waals surface area contributed by atoms with E-state index in [4.69, 9.17) is 11.6 Å². The molecule has 0 aliphatic heterocycles. The van der Waals surface area contributed by atoms with Gasteiger partial charge in [-0.1, -0.05) is 35.9 Å². The zero-order valence-corrected chi connectivity index (χ0v) is 24.5. The highest BCUT2D eigenvalue weighted by atomic mass is 35.5. The number of hydrogen-bond acceptors (Lipinski definition) is 4. The van der Waals surface area contributed by atoms with Gasteiger partial charge in [-0.2, -0.15) is 0 Å². The maximum absolute atomic E-state index is 13.6. The minimum atomic E-state index is -3.77. The van der Waals surface area contributed by atoms with Gasteiger partial charge < -0.3 is 10.2 Å². The van der Waals surface area contributed by atoms with E-state index in [0.717, 1.165) is 33.9 Å². The average Bonchev–Trinajstić information content (AvgIpc) is 2.88. The van der Waals surface area contributed by atoms with Crippen LogP contribution in [0, 0.1) is 17.8 Å². The third-order valence-corrected chi connectivity index (χ3v) is 10.5. The van der Waals surface area contributed by atoms with Gasteiger partial charge in [0, 0.05) is 18.6 Å². The standard InChI is InChI=1S/C30H38ClN3O4S/c1-20(29(36)32-2)33(18-21-5-4-6-26(31)14-21)28(35)19-34(39(3,37)38)27-9-7-25(8-10-27)30-15-22-11-23(16-30)13-24(12-22)17-30/h4-10,14,20,22-24H,11-13,15-19H2,1-3H3,(H,32,36)/t20-,22?,23?,24?,30?/m1/s1. The van der Waals surface area contributed by atoms with Crippen LogP contribution in [-0.4, -0.2) is 51.0 Å². The summed E-state index contributed by atoms with van der Waals surface area (Å²) in [6.07, 6.45) is 8.87. The molecule has 4 aliphatic carbocycles. The highest BCUT2D eigenvalue weighted by molar-refractivity contribution is 7.92. The molecule has 2 aromatic carbocycles. The van der Waals surface area contributed by atoms with Crippen molar-refractivity contribution in [2.45, 2.75) is 63.5 Å². The highest BCUT2D eigenvalue weighted by Crippen LogP contribution is 2.60. The van der Waals surface area contributed by atoms with Gasteiger partial charge in [-0.15, -0.1) is 0 Å². The first-order valence-electron chi connectivity index (χ1n) is 13.8. The smallest absolute Gasteiger partial charge is 0.244 e. The molecule has 210 valence electrons. The molecule has 0 radical (unpaired) electrons. The van der Waals surface area contributed by atoms with Crippen LogP contribution >= 0.6 is 11.6 Å². The van der Waals surface area contributed by atoms with Crippen LogP contribution in [0.3, 0.4) is 0 Å². The maximum atomic E-state index is 13.6. The first-order chi connectivity index (χ1) is 18.5. The minimum Gasteiger partial charge on any atom is -0.357 e. The summed E-state index contributed by atoms with van der Waals surface area (Å²) in [5.41, 5.74) is 2.70. The normalized spacial score (nSPS) is 26.2. The van der Waals surface area contributed by atoms with Gasteiger partial charge in [-0.05, 0) is 104 Å². The van der Waals surface area contributed by atoms with Crippen LogP contribution in [0.5, 0.6) is 0 Å². The number of carbonyl (C=O) groups is 2. The molecule has 0 heterocycles. The molecule has 9 heteroatoms. The molecule has 4 saturated carbocycles. The van der Waals surface area contributed by atoms with Crippen LogP contribution in [-0.2, 0) is 31.6 Å². The van der Waals surface area contributed by atoms with Crippen LogP contribution < -0.4 is 9.62 Å². The number of anilines is 1. The molecule has 6 rings (SSSR count). The third-order valence-electron chi connectivity index (χ3n) is 9.14. The van der Waals surface area contributed by atoms with Gasteiger partial charge in [0.15, 0.2) is 0 Å². The number of carbonyl (C=O) groups excluding carboxylic acids is 2. The summed E-state index contributed by atoms with van der Waals surface area (Å²) in [6, 6.07) is 14.1. The second-order valence-electron chi connectivity index (χ2n) is 12.0. The summed E-state index contributed by atoms with van der Waals surface area (Å²) in [4.78, 5) is 27.5. The molecule has 4 fully saturated rings. The first-order valence-corrected chi connectivity index (χ1v) is 16.0. The van der Waals surface area contributed by atoms with Crippen molar-refractivity contribution in [3.05, 3.63) is 64.7 Å². The van der Waals surface area contributed by atoms with Crippen molar-refractivity contribution in [1.29, 1.82) is 0 Å². The van der Waals surface area contributed by atoms with Crippen molar-refractivity contribution in [2.75, 3.05) is 24.2 Å². The lowest BCUT2D eigenvalue weighted by molar-refractivity contribution is -0.139. The van der Waals surface area contributed by atoms with Crippen molar-refractivity contribution in [3.8, 4) is 0 Å². The van der Waals surface area contributed by atoms with Gasteiger partial charge in [-0.25, -0.2) is 8.42 Å². The van der Waals surface area contributed by atoms with Crippen molar-refractivity contribution in [2.24, 2.45) is 17.8 Å². The van der Waals surface area contributed by atoms with Gasteiger partial charge in [0.25, 0.3) is 0 Å². The largest absolute Gasteiger partial charge is 0.357 e. The van der Waals surface area contributed by atoms with E-state index in [9.17, 15) is 18.0 Å². The third kappa shape index (κ3) is 5.82. The minimum absolute atomic E-state index is 0.122. The van der Waals surface area contributed by atoms with E-state index in [2.05, 4.69) is 17.4 Å². The van der Waals surface area contributed by atoms with Crippen molar-refractivity contribution < 1.29 is 18.0 Å². The molecule has 1 N–H and O–H groups in total. The molecule has 1 atom stereocenters. The maximum Gasteiger partial charge on any atom is 0.244 e. The monoisotopic (exact) mass is 571 g/mol. The van der Waals surface area contributed by atoms with E-state index >= 15 is 0 Å². The van der Waals surface area contributed by atoms with Crippen molar-refractivity contribution in [1.82, 2.24) is 10.2 Å². The highest BCUT2D eigenvalue weighted by Gasteiger charge is 2.51. The predicted octanol–water partition coefficient (Wildman–Crippen LogP) is 4.74. The molecule has 0 unspecified atom stereocenters. The van der Waals surface area contributed by atoms with Gasteiger partial charge in [0.05, 0.1) is 11.9 Å². The van der Waals surface area contributed by atoms with E-state index in [-0.39, 0.29) is 17.9 Å². The molecule has 4 bridgehead atoms. The first kappa shape index (κ1) is 28.0. The lowest BCUT2D eigenvalue weighted by Gasteiger charge is -2.57. The zero-order chi connectivity index (χ0) is 27.9. The Kier molecular flexibility index (Phi) is 7.72. The number of sulfonamides is 1. The fourth-order valence-corrected chi connectivity index (χ4v) is 8.75. The summed E-state index contributed by atoms with van der Waals surface area (Å²) in [5, 5.41) is 3.10. The van der Waals surface area contributed by atoms with Crippen LogP contribution in [0.1, 0.15) is 56.6 Å². The second-order valence-corrected chi connectivity index (χ2v) is 14.3.